The van der Waals surface area contributed by atoms with Gasteiger partial charge in [0.15, 0.2) is 0 Å². The summed E-state index contributed by atoms with van der Waals surface area (Å²) in [7, 11) is 0. The summed E-state index contributed by atoms with van der Waals surface area (Å²) in [6.07, 6.45) is 3.26. The topological polar surface area (TPSA) is 94.2 Å². The Morgan fingerprint density at radius 2 is 1.59 bits per heavy atom. The summed E-state index contributed by atoms with van der Waals surface area (Å²) < 4.78 is 15.2. The molecule has 1 aromatic rings. The quantitative estimate of drug-likeness (QED) is 0.528. The zero-order valence-corrected chi connectivity index (χ0v) is 19.2. The molecular formula is C24H36N2O6. The number of benzene rings is 1. The fourth-order valence-electron chi connectivity index (χ4n) is 3.72. The summed E-state index contributed by atoms with van der Waals surface area (Å²) in [4.78, 5) is 36.5. The third-order valence-electron chi connectivity index (χ3n) is 5.42. The molecule has 2 aliphatic rings. The normalized spacial score (nSPS) is 20.4. The average molecular weight is 449 g/mol. The molecule has 2 aliphatic heterocycles. The minimum atomic E-state index is -0.368. The molecule has 0 spiro atoms. The highest BCUT2D eigenvalue weighted by molar-refractivity contribution is 5.75. The van der Waals surface area contributed by atoms with E-state index in [4.69, 9.17) is 14.2 Å². The lowest BCUT2D eigenvalue weighted by Crippen LogP contribution is -2.43. The number of esters is 2. The molecule has 0 aliphatic carbocycles. The maximum absolute atomic E-state index is 12.0. The van der Waals surface area contributed by atoms with Gasteiger partial charge in [0.1, 0.15) is 6.61 Å². The number of ether oxygens (including phenoxy) is 3. The van der Waals surface area contributed by atoms with Crippen molar-refractivity contribution in [1.82, 2.24) is 10.2 Å². The molecule has 1 N–H and O–H groups in total. The summed E-state index contributed by atoms with van der Waals surface area (Å²) in [5, 5.41) is 3.17. The Balaban J connectivity index is 0.000000278. The van der Waals surface area contributed by atoms with E-state index in [-0.39, 0.29) is 36.5 Å². The number of hydrogen-bond acceptors (Lipinski definition) is 7. The van der Waals surface area contributed by atoms with E-state index in [1.165, 1.54) is 0 Å². The summed E-state index contributed by atoms with van der Waals surface area (Å²) in [5.41, 5.74) is 0.949. The van der Waals surface area contributed by atoms with Crippen LogP contribution in [0.3, 0.4) is 0 Å². The molecule has 1 aromatic carbocycles. The van der Waals surface area contributed by atoms with Crippen LogP contribution in [0, 0.1) is 11.8 Å². The van der Waals surface area contributed by atoms with Crippen molar-refractivity contribution in [2.45, 2.75) is 46.1 Å². The highest BCUT2D eigenvalue weighted by atomic mass is 16.6. The maximum atomic E-state index is 12.0. The van der Waals surface area contributed by atoms with Crippen LogP contribution >= 0.6 is 0 Å². The molecule has 1 amide bonds. The van der Waals surface area contributed by atoms with Crippen molar-refractivity contribution in [3.05, 3.63) is 35.9 Å². The number of piperidine rings is 2. The van der Waals surface area contributed by atoms with Crippen LogP contribution in [0.4, 0.5) is 4.79 Å². The van der Waals surface area contributed by atoms with Gasteiger partial charge in [-0.15, -0.1) is 0 Å². The summed E-state index contributed by atoms with van der Waals surface area (Å²) >= 11 is 0. The molecule has 2 heterocycles. The first-order valence-electron chi connectivity index (χ1n) is 11.5. The van der Waals surface area contributed by atoms with Crippen molar-refractivity contribution in [3.8, 4) is 0 Å². The molecule has 0 bridgehead atoms. The third-order valence-corrected chi connectivity index (χ3v) is 5.42. The predicted octanol–water partition coefficient (Wildman–Crippen LogP) is 3.15. The Hall–Kier alpha value is -2.61. The Bertz CT molecular complexity index is 706. The summed E-state index contributed by atoms with van der Waals surface area (Å²) in [5.74, 6) is -0.399. The molecule has 2 saturated heterocycles. The third kappa shape index (κ3) is 8.86. The van der Waals surface area contributed by atoms with Crippen molar-refractivity contribution < 1.29 is 28.6 Å². The van der Waals surface area contributed by atoms with Crippen LogP contribution in [0.25, 0.3) is 0 Å². The molecule has 0 radical (unpaired) electrons. The molecule has 2 atom stereocenters. The number of nitrogens with one attached hydrogen (secondary N) is 1. The van der Waals surface area contributed by atoms with Crippen molar-refractivity contribution in [2.75, 3.05) is 39.4 Å². The SMILES string of the molecule is CCOC(=O)[C@@H]1CCCN(C(=O)OCc2ccccc2)C1.CCOC(=O)[C@@H]1CCCNC1. The number of likely N-dealkylation sites (tertiary alicyclic amines) is 1. The summed E-state index contributed by atoms with van der Waals surface area (Å²) in [6, 6.07) is 9.54. The smallest absolute Gasteiger partial charge is 0.410 e. The van der Waals surface area contributed by atoms with E-state index in [1.54, 1.807) is 11.8 Å². The molecule has 32 heavy (non-hydrogen) atoms. The van der Waals surface area contributed by atoms with Gasteiger partial charge >= 0.3 is 18.0 Å². The van der Waals surface area contributed by atoms with Gasteiger partial charge in [-0.05, 0) is 51.6 Å². The molecule has 8 heteroatoms. The van der Waals surface area contributed by atoms with Gasteiger partial charge in [-0.25, -0.2) is 4.79 Å². The predicted molar refractivity (Wildman–Crippen MR) is 120 cm³/mol. The van der Waals surface area contributed by atoms with Crippen molar-refractivity contribution in [3.63, 3.8) is 0 Å². The van der Waals surface area contributed by atoms with E-state index in [1.807, 2.05) is 37.3 Å². The van der Waals surface area contributed by atoms with Gasteiger partial charge in [-0.1, -0.05) is 30.3 Å². The number of carbonyl (C=O) groups is 3. The minimum absolute atomic E-state index is 0.0419. The first-order chi connectivity index (χ1) is 15.5. The van der Waals surface area contributed by atoms with Gasteiger partial charge in [0.2, 0.25) is 0 Å². The van der Waals surface area contributed by atoms with Crippen LogP contribution in [0.5, 0.6) is 0 Å². The van der Waals surface area contributed by atoms with Gasteiger partial charge in [-0.3, -0.25) is 9.59 Å². The summed E-state index contributed by atoms with van der Waals surface area (Å²) in [6.45, 7) is 7.58. The van der Waals surface area contributed by atoms with Crippen molar-refractivity contribution >= 4 is 18.0 Å². The van der Waals surface area contributed by atoms with E-state index in [0.29, 0.717) is 26.3 Å². The largest absolute Gasteiger partial charge is 0.466 e. The second-order valence-electron chi connectivity index (χ2n) is 7.87. The van der Waals surface area contributed by atoms with Crippen molar-refractivity contribution in [2.24, 2.45) is 11.8 Å². The number of nitrogens with zero attached hydrogens (tertiary/aromatic N) is 1. The molecule has 2 fully saturated rings. The van der Waals surface area contributed by atoms with Gasteiger partial charge in [0.05, 0.1) is 25.0 Å². The van der Waals surface area contributed by atoms with E-state index in [0.717, 1.165) is 44.3 Å². The van der Waals surface area contributed by atoms with Crippen molar-refractivity contribution in [1.29, 1.82) is 0 Å². The molecule has 178 valence electrons. The maximum Gasteiger partial charge on any atom is 0.410 e. The fourth-order valence-corrected chi connectivity index (χ4v) is 3.72. The van der Waals surface area contributed by atoms with E-state index >= 15 is 0 Å². The van der Waals surface area contributed by atoms with E-state index in [2.05, 4.69) is 5.32 Å². The number of rotatable bonds is 6. The molecular weight excluding hydrogens is 412 g/mol. The second kappa shape index (κ2) is 14.5. The van der Waals surface area contributed by atoms with Gasteiger partial charge in [0, 0.05) is 19.6 Å². The number of hydrogen-bond donors (Lipinski definition) is 1. The zero-order chi connectivity index (χ0) is 23.2. The Kier molecular flexibility index (Phi) is 11.6. The van der Waals surface area contributed by atoms with E-state index in [9.17, 15) is 14.4 Å². The Labute approximate surface area is 190 Å². The zero-order valence-electron chi connectivity index (χ0n) is 19.2. The second-order valence-corrected chi connectivity index (χ2v) is 7.87. The average Bonchev–Trinajstić information content (AvgIpc) is 2.84. The van der Waals surface area contributed by atoms with Crippen LogP contribution in [-0.2, 0) is 30.4 Å². The first-order valence-corrected chi connectivity index (χ1v) is 11.5. The molecule has 0 aromatic heterocycles. The molecule has 0 saturated carbocycles. The van der Waals surface area contributed by atoms with Gasteiger partial charge < -0.3 is 24.4 Å². The lowest BCUT2D eigenvalue weighted by atomic mass is 9.99. The lowest BCUT2D eigenvalue weighted by molar-refractivity contribution is -0.150. The van der Waals surface area contributed by atoms with Crippen LogP contribution in [0.15, 0.2) is 30.3 Å². The van der Waals surface area contributed by atoms with Gasteiger partial charge in [-0.2, -0.15) is 0 Å². The highest BCUT2D eigenvalue weighted by Crippen LogP contribution is 2.19. The molecule has 3 rings (SSSR count). The number of carbonyl (C=O) groups excluding carboxylic acids is 3. The molecule has 8 nitrogen and oxygen atoms in total. The van der Waals surface area contributed by atoms with Gasteiger partial charge in [0.25, 0.3) is 0 Å². The van der Waals surface area contributed by atoms with E-state index < -0.39 is 0 Å². The lowest BCUT2D eigenvalue weighted by Gasteiger charge is -2.30. The number of amides is 1. The Morgan fingerprint density at radius 3 is 2.22 bits per heavy atom. The Morgan fingerprint density at radius 1 is 0.938 bits per heavy atom. The molecule has 0 unspecified atom stereocenters. The highest BCUT2D eigenvalue weighted by Gasteiger charge is 2.30. The standard InChI is InChI=1S/C16H21NO4.C8H15NO2/c1-2-20-15(18)14-9-6-10-17(11-14)16(19)21-12-13-7-4-3-5-8-13;1-2-11-8(10)7-4-3-5-9-6-7/h3-5,7-8,14H,2,6,9-12H2,1H3;7,9H,2-6H2,1H3/t14-;7-/m11/s1. The monoisotopic (exact) mass is 448 g/mol. The minimum Gasteiger partial charge on any atom is -0.466 e. The van der Waals surface area contributed by atoms with Crippen LogP contribution < -0.4 is 5.32 Å². The van der Waals surface area contributed by atoms with Crippen LogP contribution in [0.1, 0.15) is 45.1 Å². The fraction of sp³-hybridized carbons (Fsp3) is 0.625. The van der Waals surface area contributed by atoms with Crippen LogP contribution in [-0.4, -0.2) is 62.3 Å². The first kappa shape index (κ1) is 25.6. The van der Waals surface area contributed by atoms with Crippen LogP contribution in [0.2, 0.25) is 0 Å².